The van der Waals surface area contributed by atoms with Gasteiger partial charge in [-0.2, -0.15) is 0 Å². The average molecular weight is 489 g/mol. The summed E-state index contributed by atoms with van der Waals surface area (Å²) < 4.78 is 14.4. The van der Waals surface area contributed by atoms with Crippen molar-refractivity contribution in [2.75, 3.05) is 32.6 Å². The van der Waals surface area contributed by atoms with Gasteiger partial charge < -0.3 is 24.8 Å². The number of Topliss-reactive ketones (excluding diaryl/α,β-unsaturated/α-hetero) is 1. The van der Waals surface area contributed by atoms with E-state index in [4.69, 9.17) is 9.47 Å². The Balaban J connectivity index is 2.98. The molecule has 1 fully saturated rings. The summed E-state index contributed by atoms with van der Waals surface area (Å²) in [5, 5.41) is 4.65. The van der Waals surface area contributed by atoms with E-state index in [1.54, 1.807) is 0 Å². The highest BCUT2D eigenvalue weighted by molar-refractivity contribution is 8.13. The summed E-state index contributed by atoms with van der Waals surface area (Å²) in [6.45, 7) is 2.61. The summed E-state index contributed by atoms with van der Waals surface area (Å²) in [6.07, 6.45) is -2.49. The van der Waals surface area contributed by atoms with Crippen molar-refractivity contribution in [3.8, 4) is 0 Å². The fourth-order valence-corrected chi connectivity index (χ4v) is 3.29. The smallest absolute Gasteiger partial charge is 0.418 e. The van der Waals surface area contributed by atoms with Crippen molar-refractivity contribution in [3.05, 3.63) is 0 Å². The van der Waals surface area contributed by atoms with Crippen LogP contribution in [0.4, 0.5) is 0 Å². The molecular weight excluding hydrogens is 460 g/mol. The fraction of sp³-hybridized carbons (Fsp3) is 0.650. The Kier molecular flexibility index (Phi) is 11.5. The van der Waals surface area contributed by atoms with E-state index in [2.05, 4.69) is 15.4 Å². The molecule has 1 rings (SSSR count). The van der Waals surface area contributed by atoms with Gasteiger partial charge in [0.25, 0.3) is 5.91 Å². The van der Waals surface area contributed by atoms with E-state index >= 15 is 0 Å². The third-order valence-electron chi connectivity index (χ3n) is 4.42. The highest BCUT2D eigenvalue weighted by atomic mass is 32.2. The van der Waals surface area contributed by atoms with Gasteiger partial charge in [0.15, 0.2) is 11.2 Å². The molecule has 12 nitrogen and oxygen atoms in total. The standard InChI is InChI=1S/C20H28N2O10S/c1-20(2)11-31-14(25)5-4-12(23)10-15(26)33-9-8-21-13(24)6-7-22-17(27)16(20)32-19(29)18(28)30-3/h16H,4-11H2,1-3H3,(H,21,24)(H,22,27)/t16-/m0/s1. The zero-order chi connectivity index (χ0) is 25.0. The summed E-state index contributed by atoms with van der Waals surface area (Å²) in [7, 11) is 0.967. The van der Waals surface area contributed by atoms with Crippen LogP contribution < -0.4 is 10.6 Å². The molecule has 0 aliphatic carbocycles. The quantitative estimate of drug-likeness (QED) is 0.206. The van der Waals surface area contributed by atoms with Crippen LogP contribution in [-0.4, -0.2) is 79.3 Å². The zero-order valence-corrected chi connectivity index (χ0v) is 19.5. The van der Waals surface area contributed by atoms with Crippen molar-refractivity contribution in [1.29, 1.82) is 0 Å². The molecule has 33 heavy (non-hydrogen) atoms. The van der Waals surface area contributed by atoms with Gasteiger partial charge in [0.1, 0.15) is 12.4 Å². The number of thioether (sulfide) groups is 1. The molecule has 0 saturated carbocycles. The number of ether oxygens (including phenoxy) is 3. The van der Waals surface area contributed by atoms with E-state index in [9.17, 15) is 33.6 Å². The van der Waals surface area contributed by atoms with Crippen LogP contribution in [0.15, 0.2) is 0 Å². The minimum Gasteiger partial charge on any atom is -0.465 e. The molecule has 2 N–H and O–H groups in total. The number of esters is 3. The summed E-state index contributed by atoms with van der Waals surface area (Å²) >= 11 is 0.893. The predicted molar refractivity (Wildman–Crippen MR) is 114 cm³/mol. The first-order chi connectivity index (χ1) is 15.5. The van der Waals surface area contributed by atoms with E-state index in [0.717, 1.165) is 18.9 Å². The van der Waals surface area contributed by atoms with Crippen molar-refractivity contribution in [2.24, 2.45) is 5.41 Å². The molecule has 1 aliphatic heterocycles. The minimum atomic E-state index is -1.56. The summed E-state index contributed by atoms with van der Waals surface area (Å²) in [4.78, 5) is 83.7. The lowest BCUT2D eigenvalue weighted by molar-refractivity contribution is -0.178. The van der Waals surface area contributed by atoms with Gasteiger partial charge in [-0.25, -0.2) is 9.59 Å². The van der Waals surface area contributed by atoms with Gasteiger partial charge in [-0.1, -0.05) is 25.6 Å². The van der Waals surface area contributed by atoms with Crippen LogP contribution >= 0.6 is 11.8 Å². The Labute approximate surface area is 194 Å². The van der Waals surface area contributed by atoms with Gasteiger partial charge in [0.05, 0.1) is 20.0 Å². The summed E-state index contributed by atoms with van der Waals surface area (Å²) in [5.74, 6) is -4.87. The number of methoxy groups -OCH3 is 1. The monoisotopic (exact) mass is 488 g/mol. The molecule has 0 radical (unpaired) electrons. The van der Waals surface area contributed by atoms with Gasteiger partial charge in [-0.05, 0) is 0 Å². The largest absolute Gasteiger partial charge is 0.465 e. The molecule has 0 bridgehead atoms. The van der Waals surface area contributed by atoms with Crippen molar-refractivity contribution in [3.63, 3.8) is 0 Å². The highest BCUT2D eigenvalue weighted by Gasteiger charge is 2.41. The number of amides is 2. The molecule has 1 saturated heterocycles. The Morgan fingerprint density at radius 1 is 1.00 bits per heavy atom. The lowest BCUT2D eigenvalue weighted by Crippen LogP contribution is -2.50. The van der Waals surface area contributed by atoms with Crippen LogP contribution in [0.2, 0.25) is 0 Å². The number of carbonyl (C=O) groups is 7. The topological polar surface area (TPSA) is 171 Å². The number of rotatable bonds is 1. The number of cyclic esters (lactones) is 1. The highest BCUT2D eigenvalue weighted by Crippen LogP contribution is 2.25. The van der Waals surface area contributed by atoms with Gasteiger partial charge >= 0.3 is 17.9 Å². The summed E-state index contributed by atoms with van der Waals surface area (Å²) in [6, 6.07) is 0. The van der Waals surface area contributed by atoms with Crippen LogP contribution in [0.25, 0.3) is 0 Å². The molecule has 13 heteroatoms. The van der Waals surface area contributed by atoms with E-state index in [1.165, 1.54) is 13.8 Å². The molecule has 2 amide bonds. The zero-order valence-electron chi connectivity index (χ0n) is 18.7. The number of nitrogens with one attached hydrogen (secondary N) is 2. The van der Waals surface area contributed by atoms with Crippen LogP contribution in [0, 0.1) is 5.41 Å². The predicted octanol–water partition coefficient (Wildman–Crippen LogP) is -0.724. The molecule has 184 valence electrons. The van der Waals surface area contributed by atoms with E-state index < -0.39 is 47.0 Å². The SMILES string of the molecule is COC(=O)C(=O)O[C@H]1C(=O)NCCC(=O)NCCSC(=O)CC(=O)CCC(=O)OCC1(C)C. The third kappa shape index (κ3) is 10.5. The first-order valence-corrected chi connectivity index (χ1v) is 11.1. The maximum absolute atomic E-state index is 12.7. The molecule has 0 unspecified atom stereocenters. The number of hydrogen-bond acceptors (Lipinski definition) is 11. The molecular formula is C20H28N2O10S. The van der Waals surface area contributed by atoms with Gasteiger partial charge in [0.2, 0.25) is 5.91 Å². The maximum atomic E-state index is 12.7. The molecule has 1 heterocycles. The van der Waals surface area contributed by atoms with Crippen molar-refractivity contribution < 1.29 is 47.8 Å². The van der Waals surface area contributed by atoms with Crippen molar-refractivity contribution in [1.82, 2.24) is 10.6 Å². The Bertz CT molecular complexity index is 796. The van der Waals surface area contributed by atoms with Gasteiger partial charge in [-0.3, -0.25) is 24.0 Å². The van der Waals surface area contributed by atoms with E-state index in [-0.39, 0.29) is 56.2 Å². The second-order valence-corrected chi connectivity index (χ2v) is 8.91. The first-order valence-electron chi connectivity index (χ1n) is 10.1. The Morgan fingerprint density at radius 2 is 1.70 bits per heavy atom. The maximum Gasteiger partial charge on any atom is 0.418 e. The summed E-state index contributed by atoms with van der Waals surface area (Å²) in [5.41, 5.74) is -1.29. The molecule has 1 aliphatic rings. The molecule has 0 aromatic rings. The normalized spacial score (nSPS) is 21.9. The second-order valence-electron chi connectivity index (χ2n) is 7.75. The number of ketones is 1. The fourth-order valence-electron chi connectivity index (χ4n) is 2.60. The van der Waals surface area contributed by atoms with E-state index in [1.807, 2.05) is 0 Å². The van der Waals surface area contributed by atoms with Crippen molar-refractivity contribution >= 4 is 52.4 Å². The van der Waals surface area contributed by atoms with E-state index in [0.29, 0.717) is 0 Å². The molecule has 1 atom stereocenters. The van der Waals surface area contributed by atoms with Gasteiger partial charge in [0, 0.05) is 37.1 Å². The van der Waals surface area contributed by atoms with Crippen LogP contribution in [0.5, 0.6) is 0 Å². The first kappa shape index (κ1) is 28.1. The number of hydrogen-bond donors (Lipinski definition) is 2. The van der Waals surface area contributed by atoms with Crippen LogP contribution in [0.3, 0.4) is 0 Å². The van der Waals surface area contributed by atoms with Crippen molar-refractivity contribution in [2.45, 2.75) is 45.6 Å². The number of carbonyl (C=O) groups excluding carboxylic acids is 7. The molecule has 0 spiro atoms. The second kappa shape index (κ2) is 13.6. The Hall–Kier alpha value is -2.96. The molecule has 0 aromatic heterocycles. The minimum absolute atomic E-state index is 0.101. The lowest BCUT2D eigenvalue weighted by atomic mass is 9.86. The molecule has 0 aromatic carbocycles. The third-order valence-corrected chi connectivity index (χ3v) is 5.29. The van der Waals surface area contributed by atoms with Gasteiger partial charge in [-0.15, -0.1) is 0 Å². The lowest BCUT2D eigenvalue weighted by Gasteiger charge is -2.31. The Morgan fingerprint density at radius 3 is 2.36 bits per heavy atom. The van der Waals surface area contributed by atoms with Crippen LogP contribution in [0.1, 0.15) is 39.5 Å². The average Bonchev–Trinajstić information content (AvgIpc) is 2.75. The van der Waals surface area contributed by atoms with Crippen LogP contribution in [-0.2, 0) is 47.8 Å².